The smallest absolute Gasteiger partial charge is 0.274 e. The molecule has 1 aromatic carbocycles. The minimum atomic E-state index is -0.238. The lowest BCUT2D eigenvalue weighted by atomic mass is 9.98. The number of benzene rings is 1. The number of aryl methyl sites for hydroxylation is 1. The standard InChI is InChI=1S/C19H20N2O2S/c1-12(2)14-6-8-15(9-7-14)18(17-5-4-10-24-17)20-19(22)16-11-13(3)23-21-16/h4-12,18H,1-3H3,(H,20,22). The second-order valence-corrected chi connectivity index (χ2v) is 7.05. The summed E-state index contributed by atoms with van der Waals surface area (Å²) < 4.78 is 5.00. The van der Waals surface area contributed by atoms with Gasteiger partial charge < -0.3 is 9.84 Å². The van der Waals surface area contributed by atoms with Crippen molar-refractivity contribution in [3.63, 3.8) is 0 Å². The largest absolute Gasteiger partial charge is 0.361 e. The Kier molecular flexibility index (Phi) is 4.81. The molecule has 2 aromatic heterocycles. The molecule has 0 bridgehead atoms. The Bertz CT molecular complexity index is 804. The Balaban J connectivity index is 1.88. The van der Waals surface area contributed by atoms with Crippen LogP contribution < -0.4 is 5.32 Å². The van der Waals surface area contributed by atoms with E-state index in [1.807, 2.05) is 17.5 Å². The van der Waals surface area contributed by atoms with Gasteiger partial charge in [0.15, 0.2) is 5.69 Å². The van der Waals surface area contributed by atoms with E-state index in [2.05, 4.69) is 48.6 Å². The number of thiophene rings is 1. The van der Waals surface area contributed by atoms with E-state index in [1.54, 1.807) is 24.3 Å². The summed E-state index contributed by atoms with van der Waals surface area (Å²) >= 11 is 1.62. The number of carbonyl (C=O) groups is 1. The van der Waals surface area contributed by atoms with Crippen molar-refractivity contribution in [1.82, 2.24) is 10.5 Å². The molecule has 0 saturated carbocycles. The molecule has 0 fully saturated rings. The predicted octanol–water partition coefficient (Wildman–Crippen LogP) is 4.69. The monoisotopic (exact) mass is 340 g/mol. The van der Waals surface area contributed by atoms with Crippen LogP contribution in [-0.4, -0.2) is 11.1 Å². The van der Waals surface area contributed by atoms with Gasteiger partial charge in [-0.2, -0.15) is 0 Å². The van der Waals surface area contributed by atoms with Crippen LogP contribution in [0.3, 0.4) is 0 Å². The molecular formula is C19H20N2O2S. The summed E-state index contributed by atoms with van der Waals surface area (Å²) in [5.74, 6) is 0.860. The lowest BCUT2D eigenvalue weighted by molar-refractivity contribution is 0.0934. The molecule has 1 N–H and O–H groups in total. The van der Waals surface area contributed by atoms with Crippen molar-refractivity contribution in [1.29, 1.82) is 0 Å². The zero-order valence-corrected chi connectivity index (χ0v) is 14.8. The van der Waals surface area contributed by atoms with Crippen molar-refractivity contribution in [2.45, 2.75) is 32.7 Å². The molecule has 0 radical (unpaired) electrons. The molecule has 2 heterocycles. The highest BCUT2D eigenvalue weighted by molar-refractivity contribution is 7.10. The van der Waals surface area contributed by atoms with Gasteiger partial charge in [0.05, 0.1) is 6.04 Å². The molecule has 3 rings (SSSR count). The van der Waals surface area contributed by atoms with Gasteiger partial charge in [-0.3, -0.25) is 4.79 Å². The highest BCUT2D eigenvalue weighted by Gasteiger charge is 2.20. The average molecular weight is 340 g/mol. The molecule has 3 aromatic rings. The van der Waals surface area contributed by atoms with E-state index in [0.717, 1.165) is 10.4 Å². The number of aromatic nitrogens is 1. The fraction of sp³-hybridized carbons (Fsp3) is 0.263. The molecule has 1 amide bonds. The lowest BCUT2D eigenvalue weighted by Crippen LogP contribution is -2.29. The molecule has 5 heteroatoms. The van der Waals surface area contributed by atoms with Gasteiger partial charge in [-0.1, -0.05) is 49.3 Å². The molecule has 0 aliphatic carbocycles. The second-order valence-electron chi connectivity index (χ2n) is 6.07. The van der Waals surface area contributed by atoms with E-state index in [1.165, 1.54) is 5.56 Å². The van der Waals surface area contributed by atoms with Crippen LogP contribution in [0.15, 0.2) is 52.4 Å². The van der Waals surface area contributed by atoms with Gasteiger partial charge in [0, 0.05) is 10.9 Å². The van der Waals surface area contributed by atoms with Crippen molar-refractivity contribution in [2.24, 2.45) is 0 Å². The van der Waals surface area contributed by atoms with Crippen LogP contribution in [-0.2, 0) is 0 Å². The average Bonchev–Trinajstić information content (AvgIpc) is 3.24. The molecule has 4 nitrogen and oxygen atoms in total. The highest BCUT2D eigenvalue weighted by atomic mass is 32.1. The SMILES string of the molecule is Cc1cc(C(=O)NC(c2ccc(C(C)C)cc2)c2cccs2)no1. The van der Waals surface area contributed by atoms with Crippen LogP contribution in [0, 0.1) is 6.92 Å². The number of carbonyl (C=O) groups excluding carboxylic acids is 1. The molecule has 124 valence electrons. The van der Waals surface area contributed by atoms with Crippen LogP contribution in [0.1, 0.15) is 58.1 Å². The normalized spacial score (nSPS) is 12.3. The van der Waals surface area contributed by atoms with Gasteiger partial charge in [-0.15, -0.1) is 11.3 Å². The third-order valence-electron chi connectivity index (χ3n) is 3.90. The van der Waals surface area contributed by atoms with Gasteiger partial charge in [-0.25, -0.2) is 0 Å². The van der Waals surface area contributed by atoms with Crippen LogP contribution in [0.25, 0.3) is 0 Å². The maximum atomic E-state index is 12.5. The number of hydrogen-bond acceptors (Lipinski definition) is 4. The van der Waals surface area contributed by atoms with Crippen molar-refractivity contribution in [3.05, 3.63) is 75.3 Å². The zero-order valence-electron chi connectivity index (χ0n) is 13.9. The van der Waals surface area contributed by atoms with Crippen LogP contribution in [0.4, 0.5) is 0 Å². The van der Waals surface area contributed by atoms with E-state index in [4.69, 9.17) is 4.52 Å². The number of nitrogens with zero attached hydrogens (tertiary/aromatic N) is 1. The first-order valence-corrected chi connectivity index (χ1v) is 8.80. The Labute approximate surface area is 145 Å². The molecule has 1 unspecified atom stereocenters. The first-order valence-electron chi connectivity index (χ1n) is 7.92. The number of hydrogen-bond donors (Lipinski definition) is 1. The number of nitrogens with one attached hydrogen (secondary N) is 1. The van der Waals surface area contributed by atoms with Gasteiger partial charge in [0.1, 0.15) is 5.76 Å². The summed E-state index contributed by atoms with van der Waals surface area (Å²) in [6.45, 7) is 6.10. The molecule has 0 aliphatic heterocycles. The molecular weight excluding hydrogens is 320 g/mol. The topological polar surface area (TPSA) is 55.1 Å². The van der Waals surface area contributed by atoms with Gasteiger partial charge in [0.2, 0.25) is 0 Å². The predicted molar refractivity (Wildman–Crippen MR) is 95.4 cm³/mol. The summed E-state index contributed by atoms with van der Waals surface area (Å²) in [6.07, 6.45) is 0. The summed E-state index contributed by atoms with van der Waals surface area (Å²) in [7, 11) is 0. The minimum absolute atomic E-state index is 0.198. The second kappa shape index (κ2) is 7.01. The first-order chi connectivity index (χ1) is 11.5. The van der Waals surface area contributed by atoms with Gasteiger partial charge in [-0.05, 0) is 35.4 Å². The van der Waals surface area contributed by atoms with E-state index < -0.39 is 0 Å². The fourth-order valence-electron chi connectivity index (χ4n) is 2.53. The van der Waals surface area contributed by atoms with Crippen molar-refractivity contribution in [2.75, 3.05) is 0 Å². The summed E-state index contributed by atoms with van der Waals surface area (Å²) in [5.41, 5.74) is 2.63. The molecule has 1 atom stereocenters. The van der Waals surface area contributed by atoms with E-state index >= 15 is 0 Å². The zero-order chi connectivity index (χ0) is 17.1. The third kappa shape index (κ3) is 3.57. The quantitative estimate of drug-likeness (QED) is 0.733. The highest BCUT2D eigenvalue weighted by Crippen LogP contribution is 2.27. The van der Waals surface area contributed by atoms with E-state index in [0.29, 0.717) is 17.4 Å². The van der Waals surface area contributed by atoms with Gasteiger partial charge >= 0.3 is 0 Å². The maximum Gasteiger partial charge on any atom is 0.274 e. The van der Waals surface area contributed by atoms with Crippen LogP contribution >= 0.6 is 11.3 Å². The Morgan fingerprint density at radius 1 is 1.17 bits per heavy atom. The van der Waals surface area contributed by atoms with Gasteiger partial charge in [0.25, 0.3) is 5.91 Å². The summed E-state index contributed by atoms with van der Waals surface area (Å²) in [5, 5.41) is 8.87. The third-order valence-corrected chi connectivity index (χ3v) is 4.84. The van der Waals surface area contributed by atoms with E-state index in [-0.39, 0.29) is 11.9 Å². The molecule has 0 saturated heterocycles. The lowest BCUT2D eigenvalue weighted by Gasteiger charge is -2.18. The van der Waals surface area contributed by atoms with Crippen LogP contribution in [0.2, 0.25) is 0 Å². The summed E-state index contributed by atoms with van der Waals surface area (Å²) in [6, 6.07) is 13.8. The number of rotatable bonds is 5. The number of amides is 1. The van der Waals surface area contributed by atoms with Crippen LogP contribution in [0.5, 0.6) is 0 Å². The fourth-order valence-corrected chi connectivity index (χ4v) is 3.33. The van der Waals surface area contributed by atoms with E-state index in [9.17, 15) is 4.79 Å². The minimum Gasteiger partial charge on any atom is -0.361 e. The molecule has 0 spiro atoms. The Hall–Kier alpha value is -2.40. The Morgan fingerprint density at radius 3 is 2.42 bits per heavy atom. The van der Waals surface area contributed by atoms with Crippen molar-refractivity contribution < 1.29 is 9.32 Å². The maximum absolute atomic E-state index is 12.5. The first kappa shape index (κ1) is 16.5. The Morgan fingerprint density at radius 2 is 1.88 bits per heavy atom. The molecule has 0 aliphatic rings. The summed E-state index contributed by atoms with van der Waals surface area (Å²) in [4.78, 5) is 13.6. The van der Waals surface area contributed by atoms with Crippen molar-refractivity contribution in [3.8, 4) is 0 Å². The van der Waals surface area contributed by atoms with Crippen molar-refractivity contribution >= 4 is 17.2 Å². The molecule has 24 heavy (non-hydrogen) atoms.